The van der Waals surface area contributed by atoms with Gasteiger partial charge in [0.2, 0.25) is 0 Å². The highest BCUT2D eigenvalue weighted by molar-refractivity contribution is 5.27. The molecular formula is C9H13N3O. The Morgan fingerprint density at radius 1 is 1.46 bits per heavy atom. The molecule has 0 bridgehead atoms. The van der Waals surface area contributed by atoms with Gasteiger partial charge in [0.05, 0.1) is 24.6 Å². The maximum absolute atomic E-state index is 5.61. The fraction of sp³-hybridized carbons (Fsp3) is 0.556. The van der Waals surface area contributed by atoms with Crippen molar-refractivity contribution in [3.8, 4) is 0 Å². The molecule has 2 rings (SSSR count). The van der Waals surface area contributed by atoms with Crippen LogP contribution in [0.3, 0.4) is 0 Å². The van der Waals surface area contributed by atoms with Crippen LogP contribution in [0.4, 0.5) is 0 Å². The third kappa shape index (κ3) is 1.55. The average molecular weight is 179 g/mol. The summed E-state index contributed by atoms with van der Waals surface area (Å²) >= 11 is 0. The summed E-state index contributed by atoms with van der Waals surface area (Å²) in [5, 5.41) is 0. The Hall–Kier alpha value is -1.00. The van der Waals surface area contributed by atoms with Gasteiger partial charge in [-0.1, -0.05) is 0 Å². The summed E-state index contributed by atoms with van der Waals surface area (Å²) in [6, 6.07) is 0. The van der Waals surface area contributed by atoms with Crippen molar-refractivity contribution in [2.45, 2.75) is 26.5 Å². The number of aromatic nitrogens is 2. The van der Waals surface area contributed by atoms with Crippen LogP contribution in [0.5, 0.6) is 0 Å². The van der Waals surface area contributed by atoms with E-state index < -0.39 is 0 Å². The fourth-order valence-corrected chi connectivity index (χ4v) is 1.64. The molecule has 0 saturated carbocycles. The van der Waals surface area contributed by atoms with E-state index in [0.29, 0.717) is 13.2 Å². The standard InChI is InChI=1S/C9H13N3O/c1-6-11-8(4-10)7-2-3-13-5-9(7)12-6/h2-5,10H2,1H3. The lowest BCUT2D eigenvalue weighted by Gasteiger charge is -2.18. The minimum atomic E-state index is 0.492. The van der Waals surface area contributed by atoms with E-state index in [9.17, 15) is 0 Å². The minimum absolute atomic E-state index is 0.492. The van der Waals surface area contributed by atoms with Gasteiger partial charge in [-0.2, -0.15) is 0 Å². The van der Waals surface area contributed by atoms with Gasteiger partial charge in [0.25, 0.3) is 0 Å². The van der Waals surface area contributed by atoms with Crippen molar-refractivity contribution in [1.82, 2.24) is 9.97 Å². The second-order valence-corrected chi connectivity index (χ2v) is 3.15. The van der Waals surface area contributed by atoms with Gasteiger partial charge in [0, 0.05) is 12.1 Å². The molecule has 0 atom stereocenters. The Balaban J connectivity index is 2.50. The predicted octanol–water partition coefficient (Wildman–Crippen LogP) is 0.316. The smallest absolute Gasteiger partial charge is 0.125 e. The first-order valence-corrected chi connectivity index (χ1v) is 4.44. The topological polar surface area (TPSA) is 61.0 Å². The lowest BCUT2D eigenvalue weighted by Crippen LogP contribution is -2.18. The number of nitrogens with zero attached hydrogens (tertiary/aromatic N) is 2. The number of nitrogens with two attached hydrogens (primary N) is 1. The van der Waals surface area contributed by atoms with Crippen LogP contribution in [0.2, 0.25) is 0 Å². The van der Waals surface area contributed by atoms with Gasteiger partial charge in [-0.3, -0.25) is 0 Å². The molecule has 4 heteroatoms. The van der Waals surface area contributed by atoms with Gasteiger partial charge in [-0.25, -0.2) is 9.97 Å². The lowest BCUT2D eigenvalue weighted by molar-refractivity contribution is 0.106. The highest BCUT2D eigenvalue weighted by atomic mass is 16.5. The van der Waals surface area contributed by atoms with Crippen molar-refractivity contribution in [3.63, 3.8) is 0 Å². The van der Waals surface area contributed by atoms with Crippen molar-refractivity contribution in [2.24, 2.45) is 5.73 Å². The molecule has 0 spiro atoms. The largest absolute Gasteiger partial charge is 0.375 e. The van der Waals surface area contributed by atoms with E-state index in [-0.39, 0.29) is 0 Å². The highest BCUT2D eigenvalue weighted by Gasteiger charge is 2.15. The molecule has 2 N–H and O–H groups in total. The van der Waals surface area contributed by atoms with Crippen LogP contribution >= 0.6 is 0 Å². The molecule has 0 aliphatic carbocycles. The van der Waals surface area contributed by atoms with Gasteiger partial charge in [0.15, 0.2) is 0 Å². The molecule has 0 amide bonds. The molecular weight excluding hydrogens is 166 g/mol. The normalized spacial score (nSPS) is 15.5. The van der Waals surface area contributed by atoms with Gasteiger partial charge >= 0.3 is 0 Å². The summed E-state index contributed by atoms with van der Waals surface area (Å²) in [7, 11) is 0. The molecule has 13 heavy (non-hydrogen) atoms. The Morgan fingerprint density at radius 3 is 3.08 bits per heavy atom. The third-order valence-electron chi connectivity index (χ3n) is 2.22. The highest BCUT2D eigenvalue weighted by Crippen LogP contribution is 2.17. The Morgan fingerprint density at radius 2 is 2.31 bits per heavy atom. The number of fused-ring (bicyclic) bond motifs is 1. The van der Waals surface area contributed by atoms with Crippen LogP contribution in [0.25, 0.3) is 0 Å². The number of aryl methyl sites for hydroxylation is 1. The molecule has 0 unspecified atom stereocenters. The van der Waals surface area contributed by atoms with Crippen molar-refractivity contribution in [1.29, 1.82) is 0 Å². The molecule has 0 aromatic carbocycles. The van der Waals surface area contributed by atoms with Crippen molar-refractivity contribution in [2.75, 3.05) is 6.61 Å². The van der Waals surface area contributed by atoms with Crippen LogP contribution in [-0.4, -0.2) is 16.6 Å². The molecule has 2 heterocycles. The van der Waals surface area contributed by atoms with Crippen molar-refractivity contribution >= 4 is 0 Å². The lowest BCUT2D eigenvalue weighted by atomic mass is 10.1. The summed E-state index contributed by atoms with van der Waals surface area (Å²) < 4.78 is 5.32. The monoisotopic (exact) mass is 179 g/mol. The molecule has 1 aromatic heterocycles. The maximum atomic E-state index is 5.61. The maximum Gasteiger partial charge on any atom is 0.125 e. The zero-order valence-electron chi connectivity index (χ0n) is 7.71. The van der Waals surface area contributed by atoms with E-state index in [1.165, 1.54) is 5.56 Å². The van der Waals surface area contributed by atoms with E-state index in [0.717, 1.165) is 30.2 Å². The third-order valence-corrected chi connectivity index (χ3v) is 2.22. The first-order chi connectivity index (χ1) is 6.31. The van der Waals surface area contributed by atoms with E-state index >= 15 is 0 Å². The first-order valence-electron chi connectivity index (χ1n) is 4.44. The van der Waals surface area contributed by atoms with E-state index in [4.69, 9.17) is 10.5 Å². The van der Waals surface area contributed by atoms with Gasteiger partial charge in [0.1, 0.15) is 5.82 Å². The zero-order chi connectivity index (χ0) is 9.26. The molecule has 1 aliphatic heterocycles. The molecule has 0 fully saturated rings. The number of ether oxygens (including phenoxy) is 1. The Bertz CT molecular complexity index is 308. The first kappa shape index (κ1) is 8.59. The van der Waals surface area contributed by atoms with Gasteiger partial charge < -0.3 is 10.5 Å². The molecule has 1 aromatic rings. The summed E-state index contributed by atoms with van der Waals surface area (Å²) in [5.74, 6) is 0.782. The molecule has 1 aliphatic rings. The second kappa shape index (κ2) is 3.40. The van der Waals surface area contributed by atoms with E-state index in [2.05, 4.69) is 9.97 Å². The SMILES string of the molecule is Cc1nc(CN)c2c(n1)COCC2. The van der Waals surface area contributed by atoms with Crippen LogP contribution in [0, 0.1) is 6.92 Å². The summed E-state index contributed by atoms with van der Waals surface area (Å²) in [4.78, 5) is 8.64. The molecule has 70 valence electrons. The second-order valence-electron chi connectivity index (χ2n) is 3.15. The van der Waals surface area contributed by atoms with Crippen LogP contribution in [0.1, 0.15) is 22.8 Å². The summed E-state index contributed by atoms with van der Waals surface area (Å²) in [6.45, 7) is 3.73. The number of hydrogen-bond donors (Lipinski definition) is 1. The van der Waals surface area contributed by atoms with Crippen LogP contribution in [0.15, 0.2) is 0 Å². The average Bonchev–Trinajstić information content (AvgIpc) is 2.16. The van der Waals surface area contributed by atoms with Crippen LogP contribution in [-0.2, 0) is 24.3 Å². The Labute approximate surface area is 77.1 Å². The van der Waals surface area contributed by atoms with Gasteiger partial charge in [-0.15, -0.1) is 0 Å². The number of hydrogen-bond acceptors (Lipinski definition) is 4. The van der Waals surface area contributed by atoms with Crippen molar-refractivity contribution < 1.29 is 4.74 Å². The molecule has 0 radical (unpaired) electrons. The van der Waals surface area contributed by atoms with Crippen molar-refractivity contribution in [3.05, 3.63) is 22.8 Å². The molecule has 0 saturated heterocycles. The fourth-order valence-electron chi connectivity index (χ4n) is 1.64. The minimum Gasteiger partial charge on any atom is -0.375 e. The Kier molecular flexibility index (Phi) is 2.24. The van der Waals surface area contributed by atoms with E-state index in [1.807, 2.05) is 6.92 Å². The van der Waals surface area contributed by atoms with Crippen LogP contribution < -0.4 is 5.73 Å². The predicted molar refractivity (Wildman–Crippen MR) is 48.0 cm³/mol. The summed E-state index contributed by atoms with van der Waals surface area (Å²) in [6.07, 6.45) is 0.891. The molecule has 4 nitrogen and oxygen atoms in total. The van der Waals surface area contributed by atoms with Gasteiger partial charge in [-0.05, 0) is 13.3 Å². The number of rotatable bonds is 1. The zero-order valence-corrected chi connectivity index (χ0v) is 7.71. The quantitative estimate of drug-likeness (QED) is 0.674. The summed E-state index contributed by atoms with van der Waals surface area (Å²) in [5.41, 5.74) is 8.80. The van der Waals surface area contributed by atoms with E-state index in [1.54, 1.807) is 0 Å².